The lowest BCUT2D eigenvalue weighted by molar-refractivity contribution is 0.669. The van der Waals surface area contributed by atoms with Gasteiger partial charge in [0.05, 0.1) is 49.5 Å². The van der Waals surface area contributed by atoms with E-state index >= 15 is 0 Å². The molecule has 0 aliphatic rings. The van der Waals surface area contributed by atoms with E-state index in [2.05, 4.69) is 0 Å². The van der Waals surface area contributed by atoms with E-state index in [-0.39, 0.29) is 22.2 Å². The lowest BCUT2D eigenvalue weighted by Gasteiger charge is -2.13. The molecule has 0 aliphatic heterocycles. The van der Waals surface area contributed by atoms with Gasteiger partial charge >= 0.3 is 0 Å². The van der Waals surface area contributed by atoms with Crippen LogP contribution in [0.1, 0.15) is 27.4 Å². The first-order chi connectivity index (χ1) is 39.5. The summed E-state index contributed by atoms with van der Waals surface area (Å²) in [7, 11) is 0. The van der Waals surface area contributed by atoms with Gasteiger partial charge in [-0.2, -0.15) is 15.0 Å². The van der Waals surface area contributed by atoms with Crippen molar-refractivity contribution < 1.29 is 31.8 Å². The van der Waals surface area contributed by atoms with Crippen LogP contribution in [0.5, 0.6) is 0 Å². The molecular weight excluding hydrogens is 771 g/mol. The first kappa shape index (κ1) is 20.8. The molecule has 0 saturated carbocycles. The molecule has 6 heteroatoms. The fourth-order valence-electron chi connectivity index (χ4n) is 8.11. The maximum absolute atomic E-state index is 9.90. The molecule has 4 heterocycles. The second-order valence-corrected chi connectivity index (χ2v) is 14.5. The van der Waals surface area contributed by atoms with E-state index in [0.717, 1.165) is 47.7 Å². The Morgan fingerprint density at radius 3 is 1.59 bits per heavy atom. The minimum absolute atomic E-state index is 0.234. The highest BCUT2D eigenvalue weighted by atomic mass is 16.3. The quantitative estimate of drug-likeness (QED) is 0.168. The highest BCUT2D eigenvalue weighted by Crippen LogP contribution is 2.38. The van der Waals surface area contributed by atoms with Gasteiger partial charge in [0.1, 0.15) is 11.2 Å². The van der Waals surface area contributed by atoms with E-state index in [1.807, 2.05) is 66.7 Å². The fourth-order valence-corrected chi connectivity index (χ4v) is 8.11. The van der Waals surface area contributed by atoms with Crippen molar-refractivity contribution in [2.75, 3.05) is 0 Å². The summed E-state index contributed by atoms with van der Waals surface area (Å²) in [4.78, 5) is 14.5. The SMILES string of the molecule is [2H]c1c([2H])c([2H])c(-c2c([2H])c([2H])c3c4c([2H])c([2H])c([2H])c([2H])c4n(-c4nc(-c5ccc(-c6cccc(-c7ccc8c(c7)oc7ccccc78)c6)cc5)nc(-n5c6c([2H])c([2H])c([2H])c([2H])c6c6c([2H])c([2H])c([2H])c([2H])c65)n4)c3c2[2H])c([2H])c1[2H]. The van der Waals surface area contributed by atoms with Crippen molar-refractivity contribution in [1.29, 1.82) is 0 Å². The molecule has 4 aromatic heterocycles. The third kappa shape index (κ3) is 5.69. The summed E-state index contributed by atoms with van der Waals surface area (Å²) < 4.78 is 188. The van der Waals surface area contributed by atoms with Crippen LogP contribution >= 0.6 is 0 Å². The van der Waals surface area contributed by atoms with Crippen molar-refractivity contribution in [2.24, 2.45) is 0 Å². The molecule has 0 bridgehead atoms. The molecule has 0 fully saturated rings. The molecule has 0 spiro atoms. The molecule has 13 aromatic rings. The first-order valence-electron chi connectivity index (χ1n) is 29.5. The molecule has 0 unspecified atom stereocenters. The van der Waals surface area contributed by atoms with Gasteiger partial charge in [0.2, 0.25) is 11.9 Å². The topological polar surface area (TPSA) is 61.7 Å². The van der Waals surface area contributed by atoms with Gasteiger partial charge < -0.3 is 4.42 Å². The molecule has 63 heavy (non-hydrogen) atoms. The number of benzene rings is 9. The summed E-state index contributed by atoms with van der Waals surface area (Å²) in [5.41, 5.74) is 1.99. The van der Waals surface area contributed by atoms with Crippen molar-refractivity contribution in [2.45, 2.75) is 0 Å². The van der Waals surface area contributed by atoms with E-state index in [1.54, 1.807) is 24.3 Å². The maximum atomic E-state index is 9.90. The Morgan fingerprint density at radius 1 is 0.349 bits per heavy atom. The molecule has 0 saturated heterocycles. The van der Waals surface area contributed by atoms with Crippen molar-refractivity contribution in [3.05, 3.63) is 212 Å². The van der Waals surface area contributed by atoms with Crippen molar-refractivity contribution in [1.82, 2.24) is 24.1 Å². The summed E-state index contributed by atoms with van der Waals surface area (Å²) in [6, 6.07) is 13.2. The second kappa shape index (κ2) is 14.0. The molecule has 0 N–H and O–H groups in total. The first-order valence-corrected chi connectivity index (χ1v) is 19.5. The normalized spacial score (nSPS) is 16.3. The molecule has 0 aliphatic carbocycles. The zero-order valence-electron chi connectivity index (χ0n) is 52.3. The zero-order chi connectivity index (χ0) is 58.8. The third-order valence-electron chi connectivity index (χ3n) is 11.0. The van der Waals surface area contributed by atoms with Crippen LogP contribution in [0.4, 0.5) is 0 Å². The summed E-state index contributed by atoms with van der Waals surface area (Å²) >= 11 is 0. The zero-order valence-corrected chi connectivity index (χ0v) is 32.3. The smallest absolute Gasteiger partial charge is 0.240 e. The number of para-hydroxylation sites is 4. The van der Waals surface area contributed by atoms with Crippen LogP contribution in [0, 0.1) is 0 Å². The minimum atomic E-state index is -0.826. The molecule has 0 radical (unpaired) electrons. The Morgan fingerprint density at radius 2 is 0.889 bits per heavy atom. The third-order valence-corrected chi connectivity index (χ3v) is 11.0. The number of hydrogen-bond acceptors (Lipinski definition) is 4. The maximum Gasteiger partial charge on any atom is 0.240 e. The van der Waals surface area contributed by atoms with E-state index in [0.29, 0.717) is 5.58 Å². The van der Waals surface area contributed by atoms with Gasteiger partial charge in [-0.3, -0.25) is 9.13 Å². The van der Waals surface area contributed by atoms with Crippen LogP contribution in [-0.4, -0.2) is 24.1 Å². The predicted octanol–water partition coefficient (Wildman–Crippen LogP) is 14.6. The average Bonchev–Trinajstić information content (AvgIpc) is 1.93. The van der Waals surface area contributed by atoms with Crippen LogP contribution in [0.3, 0.4) is 0 Å². The highest BCUT2D eigenvalue weighted by molar-refractivity contribution is 6.11. The Kier molecular flexibility index (Phi) is 4.61. The highest BCUT2D eigenvalue weighted by Gasteiger charge is 2.21. The Balaban J connectivity index is 1.12. The van der Waals surface area contributed by atoms with Gasteiger partial charge in [-0.15, -0.1) is 0 Å². The standard InChI is InChI=1S/C57H35N5O/c1-2-13-36(14-3-1)41-29-31-46-45-19-6-10-23-51(45)62(52(46)34-41)57-59-55(58-56(60-57)61-49-21-8-4-17-43(49)44-18-5-9-22-50(44)61)38-27-25-37(26-28-38)39-15-12-16-40(33-39)42-30-32-48-47-20-7-11-24-53(47)63-54(48)35-42/h1-35H/i1D,2D,3D,4D,5D,6D,8D,9D,10D,13D,14D,17D,18D,19D,21D,22D,23D,29D,31D,34D. The van der Waals surface area contributed by atoms with Gasteiger partial charge in [0.25, 0.3) is 0 Å². The van der Waals surface area contributed by atoms with Crippen LogP contribution in [-0.2, 0) is 0 Å². The molecular formula is C57H35N5O. The summed E-state index contributed by atoms with van der Waals surface area (Å²) in [5, 5.41) is 0.511. The Hall–Kier alpha value is -8.61. The minimum Gasteiger partial charge on any atom is -0.456 e. The number of rotatable bonds is 6. The summed E-state index contributed by atoms with van der Waals surface area (Å²) in [6.07, 6.45) is 0. The molecule has 294 valence electrons. The largest absolute Gasteiger partial charge is 0.456 e. The number of nitrogens with zero attached hydrogens (tertiary/aromatic N) is 5. The van der Waals surface area contributed by atoms with Crippen molar-refractivity contribution >= 4 is 65.6 Å². The number of aromatic nitrogens is 5. The fraction of sp³-hybridized carbons (Fsp3) is 0. The van der Waals surface area contributed by atoms with Crippen LogP contribution in [0.15, 0.2) is 216 Å². The molecule has 9 aromatic carbocycles. The second-order valence-electron chi connectivity index (χ2n) is 14.5. The predicted molar refractivity (Wildman–Crippen MR) is 258 cm³/mol. The van der Waals surface area contributed by atoms with Gasteiger partial charge in [-0.05, 0) is 81.8 Å². The van der Waals surface area contributed by atoms with E-state index in [1.165, 1.54) is 0 Å². The molecule has 6 nitrogen and oxygen atoms in total. The lowest BCUT2D eigenvalue weighted by atomic mass is 9.97. The van der Waals surface area contributed by atoms with Gasteiger partial charge in [-0.25, -0.2) is 0 Å². The molecule has 0 atom stereocenters. The number of fused-ring (bicyclic) bond motifs is 9. The van der Waals surface area contributed by atoms with E-state index in [9.17, 15) is 9.60 Å². The van der Waals surface area contributed by atoms with Crippen LogP contribution in [0.2, 0.25) is 0 Å². The Labute approximate surface area is 389 Å². The van der Waals surface area contributed by atoms with E-state index < -0.39 is 177 Å². The van der Waals surface area contributed by atoms with Crippen molar-refractivity contribution in [3.8, 4) is 56.7 Å². The van der Waals surface area contributed by atoms with E-state index in [4.69, 9.17) is 37.2 Å². The van der Waals surface area contributed by atoms with Crippen molar-refractivity contribution in [3.63, 3.8) is 0 Å². The van der Waals surface area contributed by atoms with Gasteiger partial charge in [0, 0.05) is 37.9 Å². The molecule has 13 rings (SSSR count). The Bertz CT molecular complexity index is 5010. The van der Waals surface area contributed by atoms with Crippen LogP contribution in [0.25, 0.3) is 122 Å². The number of hydrogen-bond donors (Lipinski definition) is 0. The summed E-state index contributed by atoms with van der Waals surface area (Å²) in [6.45, 7) is 0. The van der Waals surface area contributed by atoms with Crippen LogP contribution < -0.4 is 0 Å². The van der Waals surface area contributed by atoms with Gasteiger partial charge in [0.15, 0.2) is 5.82 Å². The monoisotopic (exact) mass is 825 g/mol. The lowest BCUT2D eigenvalue weighted by Crippen LogP contribution is -2.10. The average molecular weight is 826 g/mol. The van der Waals surface area contributed by atoms with Gasteiger partial charge in [-0.1, -0.05) is 163 Å². The summed E-state index contributed by atoms with van der Waals surface area (Å²) in [5.74, 6) is -1.39. The number of furan rings is 1. The molecule has 0 amide bonds.